The number of amides is 1. The van der Waals surface area contributed by atoms with E-state index in [1.807, 2.05) is 6.07 Å². The predicted molar refractivity (Wildman–Crippen MR) is 75.5 cm³/mol. The Balaban J connectivity index is 1.84. The molecule has 7 heteroatoms. The number of aromatic nitrogens is 3. The van der Waals surface area contributed by atoms with Crippen molar-refractivity contribution in [2.45, 2.75) is 0 Å². The van der Waals surface area contributed by atoms with Crippen LogP contribution >= 0.6 is 0 Å². The first-order valence-electron chi connectivity index (χ1n) is 6.16. The fourth-order valence-corrected chi connectivity index (χ4v) is 1.79. The summed E-state index contributed by atoms with van der Waals surface area (Å²) in [5, 5.41) is 2.51. The molecule has 0 atom stereocenters. The molecule has 0 aliphatic heterocycles. The summed E-state index contributed by atoms with van der Waals surface area (Å²) in [7, 11) is 1.30. The molecule has 0 aliphatic rings. The van der Waals surface area contributed by atoms with Crippen LogP contribution in [0.4, 0.5) is 10.6 Å². The Bertz CT molecular complexity index is 770. The van der Waals surface area contributed by atoms with Gasteiger partial charge in [0.25, 0.3) is 0 Å². The number of imidazole rings is 1. The van der Waals surface area contributed by atoms with Crippen LogP contribution in [0.25, 0.3) is 5.65 Å². The average Bonchev–Trinajstić information content (AvgIpc) is 2.89. The second-order valence-corrected chi connectivity index (χ2v) is 4.16. The van der Waals surface area contributed by atoms with E-state index in [-0.39, 0.29) is 0 Å². The largest absolute Gasteiger partial charge is 0.454 e. The smallest absolute Gasteiger partial charge is 0.412 e. The first-order valence-corrected chi connectivity index (χ1v) is 6.16. The van der Waals surface area contributed by atoms with E-state index in [2.05, 4.69) is 20.0 Å². The third-order valence-electron chi connectivity index (χ3n) is 2.71. The van der Waals surface area contributed by atoms with E-state index in [0.29, 0.717) is 23.0 Å². The minimum Gasteiger partial charge on any atom is -0.454 e. The van der Waals surface area contributed by atoms with Crippen molar-refractivity contribution in [3.63, 3.8) is 0 Å². The highest BCUT2D eigenvalue weighted by molar-refractivity contribution is 5.83. The molecule has 0 fully saturated rings. The van der Waals surface area contributed by atoms with E-state index in [4.69, 9.17) is 4.74 Å². The summed E-state index contributed by atoms with van der Waals surface area (Å²) in [6.07, 6.45) is 6.17. The number of fused-ring (bicyclic) bond motifs is 1. The number of ether oxygens (including phenoxy) is 2. The number of hydrogen-bond acceptors (Lipinski definition) is 5. The molecule has 0 saturated heterocycles. The van der Waals surface area contributed by atoms with Gasteiger partial charge < -0.3 is 13.9 Å². The lowest BCUT2D eigenvalue weighted by Crippen LogP contribution is -2.10. The summed E-state index contributed by atoms with van der Waals surface area (Å²) in [6, 6.07) is 7.18. The first-order chi connectivity index (χ1) is 10.2. The van der Waals surface area contributed by atoms with Crippen LogP contribution in [0.1, 0.15) is 0 Å². The first kappa shape index (κ1) is 12.9. The number of methoxy groups -OCH3 is 1. The van der Waals surface area contributed by atoms with Crippen molar-refractivity contribution in [1.29, 1.82) is 0 Å². The molecule has 0 saturated carbocycles. The van der Waals surface area contributed by atoms with Gasteiger partial charge in [-0.3, -0.25) is 10.3 Å². The molecule has 0 aromatic carbocycles. The molecule has 7 nitrogen and oxygen atoms in total. The van der Waals surface area contributed by atoms with E-state index >= 15 is 0 Å². The lowest BCUT2D eigenvalue weighted by Gasteiger charge is -2.04. The van der Waals surface area contributed by atoms with Gasteiger partial charge in [0, 0.05) is 6.20 Å². The van der Waals surface area contributed by atoms with E-state index in [0.717, 1.165) is 0 Å². The molecule has 106 valence electrons. The Morgan fingerprint density at radius 2 is 2.14 bits per heavy atom. The zero-order chi connectivity index (χ0) is 14.7. The van der Waals surface area contributed by atoms with Crippen molar-refractivity contribution < 1.29 is 14.3 Å². The number of nitrogens with zero attached hydrogens (tertiary/aromatic N) is 3. The second kappa shape index (κ2) is 5.49. The summed E-state index contributed by atoms with van der Waals surface area (Å²) in [5.41, 5.74) is 0.680. The Kier molecular flexibility index (Phi) is 3.38. The quantitative estimate of drug-likeness (QED) is 0.800. The Morgan fingerprint density at radius 3 is 2.90 bits per heavy atom. The van der Waals surface area contributed by atoms with Crippen LogP contribution in [0, 0.1) is 0 Å². The molecule has 0 spiro atoms. The number of nitrogens with one attached hydrogen (secondary N) is 1. The van der Waals surface area contributed by atoms with Gasteiger partial charge in [0.1, 0.15) is 17.1 Å². The average molecular weight is 284 g/mol. The molecule has 0 bridgehead atoms. The lowest BCUT2D eigenvalue weighted by atomic mass is 10.4. The van der Waals surface area contributed by atoms with Crippen molar-refractivity contribution >= 4 is 17.6 Å². The number of anilines is 1. The number of hydrogen-bond donors (Lipinski definition) is 1. The monoisotopic (exact) mass is 284 g/mol. The summed E-state index contributed by atoms with van der Waals surface area (Å²) in [4.78, 5) is 19.4. The van der Waals surface area contributed by atoms with Gasteiger partial charge >= 0.3 is 6.09 Å². The van der Waals surface area contributed by atoms with Gasteiger partial charge in [0.2, 0.25) is 0 Å². The Morgan fingerprint density at radius 1 is 1.24 bits per heavy atom. The van der Waals surface area contributed by atoms with E-state index < -0.39 is 6.09 Å². The van der Waals surface area contributed by atoms with Gasteiger partial charge in [0.05, 0.1) is 25.7 Å². The van der Waals surface area contributed by atoms with Crippen molar-refractivity contribution in [2.24, 2.45) is 0 Å². The second-order valence-electron chi connectivity index (χ2n) is 4.16. The van der Waals surface area contributed by atoms with Crippen molar-refractivity contribution in [3.05, 3.63) is 49.1 Å². The molecule has 3 rings (SSSR count). The molecule has 0 radical (unpaired) electrons. The number of carbonyl (C=O) groups is 1. The molecule has 1 amide bonds. The molecule has 0 unspecified atom stereocenters. The van der Waals surface area contributed by atoms with Gasteiger partial charge in [-0.2, -0.15) is 0 Å². The van der Waals surface area contributed by atoms with Crippen LogP contribution in [0.2, 0.25) is 0 Å². The lowest BCUT2D eigenvalue weighted by molar-refractivity contribution is 0.187. The minimum absolute atomic E-state index is 0.403. The van der Waals surface area contributed by atoms with Gasteiger partial charge in [-0.25, -0.2) is 9.78 Å². The van der Waals surface area contributed by atoms with Crippen LogP contribution in [0.15, 0.2) is 49.1 Å². The van der Waals surface area contributed by atoms with Crippen LogP contribution in [0.5, 0.6) is 11.5 Å². The van der Waals surface area contributed by atoms with Crippen molar-refractivity contribution in [1.82, 2.24) is 14.4 Å². The number of pyridine rings is 2. The zero-order valence-corrected chi connectivity index (χ0v) is 11.2. The maximum absolute atomic E-state index is 11.2. The topological polar surface area (TPSA) is 77.8 Å². The van der Waals surface area contributed by atoms with Gasteiger partial charge in [-0.1, -0.05) is 0 Å². The summed E-state index contributed by atoms with van der Waals surface area (Å²) in [5.74, 6) is 1.68. The van der Waals surface area contributed by atoms with Crippen molar-refractivity contribution in [3.8, 4) is 11.5 Å². The molecule has 3 heterocycles. The number of carbonyl (C=O) groups excluding carboxylic acids is 1. The maximum Gasteiger partial charge on any atom is 0.412 e. The Hall–Kier alpha value is -3.09. The minimum atomic E-state index is -0.565. The fourth-order valence-electron chi connectivity index (χ4n) is 1.79. The normalized spacial score (nSPS) is 10.3. The molecule has 21 heavy (non-hydrogen) atoms. The fraction of sp³-hybridized carbons (Fsp3) is 0.0714. The summed E-state index contributed by atoms with van der Waals surface area (Å²) < 4.78 is 11.9. The highest BCUT2D eigenvalue weighted by Crippen LogP contribution is 2.21. The SMILES string of the molecule is COC(=O)Nc1cn2cc(Oc3cccnc3)ccc2n1. The zero-order valence-electron chi connectivity index (χ0n) is 11.2. The highest BCUT2D eigenvalue weighted by atomic mass is 16.5. The maximum atomic E-state index is 11.2. The third-order valence-corrected chi connectivity index (χ3v) is 2.71. The number of rotatable bonds is 3. The Labute approximate surface area is 120 Å². The standard InChI is InChI=1S/C14H12N4O3/c1-20-14(19)17-12-9-18-8-11(4-5-13(18)16-12)21-10-3-2-6-15-7-10/h2-9H,1H3,(H,17,19). The van der Waals surface area contributed by atoms with E-state index in [9.17, 15) is 4.79 Å². The molecule has 0 aliphatic carbocycles. The summed E-state index contributed by atoms with van der Waals surface area (Å²) in [6.45, 7) is 0. The van der Waals surface area contributed by atoms with Crippen LogP contribution < -0.4 is 10.1 Å². The molecule has 3 aromatic heterocycles. The molecular weight excluding hydrogens is 272 g/mol. The predicted octanol–water partition coefficient (Wildman–Crippen LogP) is 2.70. The van der Waals surface area contributed by atoms with E-state index in [1.165, 1.54) is 7.11 Å². The highest BCUT2D eigenvalue weighted by Gasteiger charge is 2.06. The van der Waals surface area contributed by atoms with Gasteiger partial charge in [-0.05, 0) is 24.3 Å². The van der Waals surface area contributed by atoms with E-state index in [1.54, 1.807) is 47.4 Å². The van der Waals surface area contributed by atoms with Gasteiger partial charge in [0.15, 0.2) is 5.82 Å². The molecule has 1 N–H and O–H groups in total. The molecule has 3 aromatic rings. The third kappa shape index (κ3) is 2.92. The summed E-state index contributed by atoms with van der Waals surface area (Å²) >= 11 is 0. The molecular formula is C14H12N4O3. The van der Waals surface area contributed by atoms with Gasteiger partial charge in [-0.15, -0.1) is 0 Å². The van der Waals surface area contributed by atoms with Crippen LogP contribution in [0.3, 0.4) is 0 Å². The van der Waals surface area contributed by atoms with Crippen molar-refractivity contribution in [2.75, 3.05) is 12.4 Å². The van der Waals surface area contributed by atoms with Crippen LogP contribution in [-0.2, 0) is 4.74 Å². The van der Waals surface area contributed by atoms with Crippen LogP contribution in [-0.4, -0.2) is 27.6 Å².